The maximum Gasteiger partial charge on any atom is 0.224 e. The van der Waals surface area contributed by atoms with Crippen molar-refractivity contribution in [3.05, 3.63) is 23.1 Å². The minimum atomic E-state index is 0.473. The van der Waals surface area contributed by atoms with Gasteiger partial charge in [-0.1, -0.05) is 0 Å². The molecule has 0 unspecified atom stereocenters. The molecule has 2 aromatic heterocycles. The normalized spacial score (nSPS) is 14.9. The molecule has 0 bridgehead atoms. The molecule has 0 amide bonds. The Bertz CT molecular complexity index is 600. The van der Waals surface area contributed by atoms with Crippen LogP contribution in [0, 0.1) is 4.77 Å². The molecule has 1 saturated carbocycles. The number of H-pyrrole nitrogens is 1. The summed E-state index contributed by atoms with van der Waals surface area (Å²) in [4.78, 5) is 4.18. The van der Waals surface area contributed by atoms with E-state index in [1.165, 1.54) is 0 Å². The zero-order valence-electron chi connectivity index (χ0n) is 9.38. The summed E-state index contributed by atoms with van der Waals surface area (Å²) in [7, 11) is 1.61. The molecule has 0 spiro atoms. The van der Waals surface area contributed by atoms with E-state index in [1.54, 1.807) is 13.3 Å². The van der Waals surface area contributed by atoms with Crippen LogP contribution in [-0.2, 0) is 0 Å². The van der Waals surface area contributed by atoms with Crippen LogP contribution in [0.2, 0.25) is 0 Å². The Kier molecular flexibility index (Phi) is 2.44. The summed E-state index contributed by atoms with van der Waals surface area (Å²) < 4.78 is 7.96. The Morgan fingerprint density at radius 3 is 3.06 bits per heavy atom. The minimum absolute atomic E-state index is 0.473. The largest absolute Gasteiger partial charge is 0.480 e. The van der Waals surface area contributed by atoms with Crippen LogP contribution in [0.5, 0.6) is 5.88 Å². The van der Waals surface area contributed by atoms with Crippen LogP contribution in [0.4, 0.5) is 0 Å². The minimum Gasteiger partial charge on any atom is -0.480 e. The number of hydrogen-bond donors (Lipinski definition) is 1. The number of hydrogen-bond acceptors (Lipinski definition) is 4. The highest BCUT2D eigenvalue weighted by atomic mass is 32.1. The van der Waals surface area contributed by atoms with Gasteiger partial charge < -0.3 is 4.74 Å². The average Bonchev–Trinajstić information content (AvgIpc) is 3.12. The van der Waals surface area contributed by atoms with E-state index in [9.17, 15) is 0 Å². The predicted molar refractivity (Wildman–Crippen MR) is 65.5 cm³/mol. The first-order chi connectivity index (χ1) is 8.31. The van der Waals surface area contributed by atoms with Gasteiger partial charge in [0.15, 0.2) is 10.6 Å². The third kappa shape index (κ3) is 1.74. The standard InChI is InChI=1S/C11H12N4OS/c1-16-10-8(3-2-6-12-10)9-13-14-11(17)15(9)7-4-5-7/h2-3,6-7H,4-5H2,1H3,(H,14,17). The molecule has 1 N–H and O–H groups in total. The van der Waals surface area contributed by atoms with Gasteiger partial charge in [0.2, 0.25) is 5.88 Å². The highest BCUT2D eigenvalue weighted by molar-refractivity contribution is 7.71. The van der Waals surface area contributed by atoms with Gasteiger partial charge in [0.25, 0.3) is 0 Å². The van der Waals surface area contributed by atoms with Gasteiger partial charge in [-0.05, 0) is 37.2 Å². The Labute approximate surface area is 103 Å². The van der Waals surface area contributed by atoms with Crippen LogP contribution in [-0.4, -0.2) is 26.9 Å². The van der Waals surface area contributed by atoms with Gasteiger partial charge in [0.05, 0.1) is 12.7 Å². The van der Waals surface area contributed by atoms with Gasteiger partial charge in [-0.15, -0.1) is 0 Å². The maximum absolute atomic E-state index is 5.25. The van der Waals surface area contributed by atoms with E-state index in [2.05, 4.69) is 19.7 Å². The molecule has 6 heteroatoms. The summed E-state index contributed by atoms with van der Waals surface area (Å²) in [5.74, 6) is 1.38. The fourth-order valence-corrected chi connectivity index (χ4v) is 2.17. The molecule has 0 aliphatic heterocycles. The van der Waals surface area contributed by atoms with Gasteiger partial charge in [-0.25, -0.2) is 4.98 Å². The van der Waals surface area contributed by atoms with Crippen molar-refractivity contribution < 1.29 is 4.74 Å². The van der Waals surface area contributed by atoms with Crippen LogP contribution < -0.4 is 4.74 Å². The molecule has 3 rings (SSSR count). The first kappa shape index (κ1) is 10.5. The molecule has 1 aliphatic rings. The van der Waals surface area contributed by atoms with Crippen LogP contribution in [0.25, 0.3) is 11.4 Å². The Hall–Kier alpha value is -1.69. The van der Waals surface area contributed by atoms with Gasteiger partial charge in [-0.3, -0.25) is 9.67 Å². The van der Waals surface area contributed by atoms with Gasteiger partial charge in [-0.2, -0.15) is 5.10 Å². The fourth-order valence-electron chi connectivity index (χ4n) is 1.89. The van der Waals surface area contributed by atoms with Crippen molar-refractivity contribution in [1.29, 1.82) is 0 Å². The molecule has 0 radical (unpaired) electrons. The van der Waals surface area contributed by atoms with Crippen LogP contribution in [0.1, 0.15) is 18.9 Å². The van der Waals surface area contributed by atoms with E-state index in [1.807, 2.05) is 12.1 Å². The monoisotopic (exact) mass is 248 g/mol. The number of aromatic nitrogens is 4. The Morgan fingerprint density at radius 1 is 1.53 bits per heavy atom. The summed E-state index contributed by atoms with van der Waals surface area (Å²) in [6.45, 7) is 0. The molecule has 1 fully saturated rings. The van der Waals surface area contributed by atoms with Gasteiger partial charge in [0.1, 0.15) is 0 Å². The van der Waals surface area contributed by atoms with Crippen molar-refractivity contribution >= 4 is 12.2 Å². The third-order valence-electron chi connectivity index (χ3n) is 2.82. The zero-order chi connectivity index (χ0) is 11.8. The highest BCUT2D eigenvalue weighted by Crippen LogP contribution is 2.39. The molecule has 1 aliphatic carbocycles. The number of aromatic amines is 1. The number of rotatable bonds is 3. The fraction of sp³-hybridized carbons (Fsp3) is 0.364. The van der Waals surface area contributed by atoms with Crippen molar-refractivity contribution in [2.75, 3.05) is 7.11 Å². The summed E-state index contributed by atoms with van der Waals surface area (Å²) >= 11 is 5.25. The lowest BCUT2D eigenvalue weighted by molar-refractivity contribution is 0.399. The second-order valence-corrected chi connectivity index (χ2v) is 4.40. The van der Waals surface area contributed by atoms with E-state index in [0.717, 1.165) is 24.2 Å². The SMILES string of the molecule is COc1ncccc1-c1n[nH]c(=S)n1C1CC1. The van der Waals surface area contributed by atoms with E-state index >= 15 is 0 Å². The quantitative estimate of drug-likeness (QED) is 0.847. The van der Waals surface area contributed by atoms with Crippen molar-refractivity contribution in [2.45, 2.75) is 18.9 Å². The van der Waals surface area contributed by atoms with Crippen LogP contribution in [0.15, 0.2) is 18.3 Å². The summed E-state index contributed by atoms with van der Waals surface area (Å²) in [5.41, 5.74) is 0.870. The van der Waals surface area contributed by atoms with Crippen LogP contribution in [0.3, 0.4) is 0 Å². The molecule has 0 aromatic carbocycles. The van der Waals surface area contributed by atoms with Crippen molar-refractivity contribution in [3.8, 4) is 17.3 Å². The average molecular weight is 248 g/mol. The Balaban J connectivity index is 2.18. The van der Waals surface area contributed by atoms with Crippen molar-refractivity contribution in [1.82, 2.24) is 19.7 Å². The van der Waals surface area contributed by atoms with Crippen molar-refractivity contribution in [3.63, 3.8) is 0 Å². The first-order valence-electron chi connectivity index (χ1n) is 5.47. The summed E-state index contributed by atoms with van der Waals surface area (Å²) in [6, 6.07) is 4.28. The lowest BCUT2D eigenvalue weighted by Crippen LogP contribution is -2.00. The number of methoxy groups -OCH3 is 1. The lowest BCUT2D eigenvalue weighted by atomic mass is 10.2. The molecule has 5 nitrogen and oxygen atoms in total. The number of pyridine rings is 1. The second-order valence-electron chi connectivity index (χ2n) is 4.01. The zero-order valence-corrected chi connectivity index (χ0v) is 10.2. The van der Waals surface area contributed by atoms with E-state index in [-0.39, 0.29) is 0 Å². The summed E-state index contributed by atoms with van der Waals surface area (Å²) in [6.07, 6.45) is 4.01. The molecular weight excluding hydrogens is 236 g/mol. The molecule has 0 saturated heterocycles. The maximum atomic E-state index is 5.25. The molecule has 2 heterocycles. The molecule has 17 heavy (non-hydrogen) atoms. The third-order valence-corrected chi connectivity index (χ3v) is 3.11. The molecule has 88 valence electrons. The number of nitrogens with one attached hydrogen (secondary N) is 1. The predicted octanol–water partition coefficient (Wildman–Crippen LogP) is 2.35. The van der Waals surface area contributed by atoms with Gasteiger partial charge in [0, 0.05) is 12.2 Å². The molecule has 0 atom stereocenters. The van der Waals surface area contributed by atoms with E-state index < -0.39 is 0 Å². The van der Waals surface area contributed by atoms with E-state index in [4.69, 9.17) is 17.0 Å². The smallest absolute Gasteiger partial charge is 0.224 e. The lowest BCUT2D eigenvalue weighted by Gasteiger charge is -2.07. The molecule has 2 aromatic rings. The second kappa shape index (κ2) is 3.96. The topological polar surface area (TPSA) is 55.7 Å². The number of nitrogens with zero attached hydrogens (tertiary/aromatic N) is 3. The van der Waals surface area contributed by atoms with Gasteiger partial charge >= 0.3 is 0 Å². The van der Waals surface area contributed by atoms with Crippen molar-refractivity contribution in [2.24, 2.45) is 0 Å². The number of ether oxygens (including phenoxy) is 1. The molecular formula is C11H12N4OS. The summed E-state index contributed by atoms with van der Waals surface area (Å²) in [5, 5.41) is 7.12. The van der Waals surface area contributed by atoms with E-state index in [0.29, 0.717) is 16.7 Å². The Morgan fingerprint density at radius 2 is 2.35 bits per heavy atom. The highest BCUT2D eigenvalue weighted by Gasteiger charge is 2.28. The first-order valence-corrected chi connectivity index (χ1v) is 5.88. The van der Waals surface area contributed by atoms with Crippen LogP contribution >= 0.6 is 12.2 Å².